The fourth-order valence-electron chi connectivity index (χ4n) is 1.36. The third-order valence-electron chi connectivity index (χ3n) is 2.18. The number of hydrogen-bond acceptors (Lipinski definition) is 0. The molecule has 0 fully saturated rings. The molecule has 0 amide bonds. The van der Waals surface area contributed by atoms with E-state index in [4.69, 9.17) is 23.2 Å². The summed E-state index contributed by atoms with van der Waals surface area (Å²) < 4.78 is 27.9. The topological polar surface area (TPSA) is 0 Å². The Balaban J connectivity index is 2.45. The zero-order valence-corrected chi connectivity index (χ0v) is 11.5. The standard InChI is InChI=1S/2C6H3ClF.Ti/c2*7-5-2-1-3-6(8)4-5;/h2*1-3H;. The average Bonchev–Trinajstić information content (AvgIpc) is 2.27. The van der Waals surface area contributed by atoms with Crippen molar-refractivity contribution in [2.45, 2.75) is 0 Å². The zero-order valence-electron chi connectivity index (χ0n) is 8.48. The molecule has 17 heavy (non-hydrogen) atoms. The molecule has 0 spiro atoms. The number of halogens is 4. The van der Waals surface area contributed by atoms with Gasteiger partial charge in [-0.25, -0.2) is 0 Å². The molecule has 0 aromatic heterocycles. The van der Waals surface area contributed by atoms with Crippen molar-refractivity contribution in [1.29, 1.82) is 0 Å². The van der Waals surface area contributed by atoms with Crippen molar-refractivity contribution in [3.05, 3.63) is 58.1 Å². The minimum absolute atomic E-state index is 0.323. The van der Waals surface area contributed by atoms with E-state index < -0.39 is 30.8 Å². The van der Waals surface area contributed by atoms with E-state index in [-0.39, 0.29) is 0 Å². The first kappa shape index (κ1) is 13.0. The van der Waals surface area contributed by atoms with Crippen molar-refractivity contribution < 1.29 is 27.9 Å². The van der Waals surface area contributed by atoms with Crippen molar-refractivity contribution in [2.75, 3.05) is 0 Å². The second-order valence-corrected chi connectivity index (χ2v) is 6.08. The van der Waals surface area contributed by atoms with Crippen molar-refractivity contribution in [2.24, 2.45) is 0 Å². The third-order valence-corrected chi connectivity index (χ3v) is 5.67. The Kier molecular flexibility index (Phi) is 4.21. The summed E-state index contributed by atoms with van der Waals surface area (Å²) in [5, 5.41) is 0.647. The van der Waals surface area contributed by atoms with E-state index >= 15 is 0 Å². The van der Waals surface area contributed by atoms with Crippen LogP contribution in [0.3, 0.4) is 0 Å². The van der Waals surface area contributed by atoms with Crippen LogP contribution in [-0.4, -0.2) is 0 Å². The van der Waals surface area contributed by atoms with Gasteiger partial charge in [0.15, 0.2) is 0 Å². The molecule has 0 nitrogen and oxygen atoms in total. The summed E-state index contributed by atoms with van der Waals surface area (Å²) in [5.74, 6) is -0.811. The molecule has 2 aromatic carbocycles. The van der Waals surface area contributed by atoms with Crippen LogP contribution < -0.4 is 7.74 Å². The van der Waals surface area contributed by atoms with Gasteiger partial charge in [-0.3, -0.25) is 0 Å². The first-order chi connectivity index (χ1) is 8.09. The van der Waals surface area contributed by atoms with Gasteiger partial charge in [0.05, 0.1) is 0 Å². The molecule has 5 heteroatoms. The maximum atomic E-state index is 13.6. The monoisotopic (exact) mass is 306 g/mol. The summed E-state index contributed by atoms with van der Waals surface area (Å²) >= 11 is 10.6. The van der Waals surface area contributed by atoms with Crippen LogP contribution in [0.4, 0.5) is 8.78 Å². The Morgan fingerprint density at radius 1 is 0.765 bits per heavy atom. The van der Waals surface area contributed by atoms with Crippen LogP contribution in [0.1, 0.15) is 0 Å². The molecule has 0 bridgehead atoms. The molecule has 86 valence electrons. The Hall–Kier alpha value is -0.406. The number of rotatable bonds is 2. The minimum atomic E-state index is -1.22. The summed E-state index contributed by atoms with van der Waals surface area (Å²) in [4.78, 5) is 0. The fraction of sp³-hybridized carbons (Fsp3) is 0. The van der Waals surface area contributed by atoms with Crippen LogP contribution in [0.2, 0.25) is 10.0 Å². The molecule has 0 radical (unpaired) electrons. The van der Waals surface area contributed by atoms with Gasteiger partial charge in [-0.2, -0.15) is 0 Å². The van der Waals surface area contributed by atoms with E-state index in [2.05, 4.69) is 0 Å². The number of hydrogen-bond donors (Lipinski definition) is 0. The average molecular weight is 307 g/mol. The Morgan fingerprint density at radius 3 is 1.53 bits per heavy atom. The molecule has 0 aliphatic carbocycles. The van der Waals surface area contributed by atoms with E-state index in [1.165, 1.54) is 24.3 Å². The molecule has 2 rings (SSSR count). The maximum absolute atomic E-state index is 13.6. The summed E-state index contributed by atoms with van der Waals surface area (Å²) in [6.45, 7) is 0. The van der Waals surface area contributed by atoms with Gasteiger partial charge >= 0.3 is 117 Å². The quantitative estimate of drug-likeness (QED) is 0.747. The van der Waals surface area contributed by atoms with Crippen LogP contribution in [-0.2, 0) is 19.2 Å². The van der Waals surface area contributed by atoms with Crippen molar-refractivity contribution in [3.8, 4) is 0 Å². The van der Waals surface area contributed by atoms with Crippen LogP contribution in [0.5, 0.6) is 0 Å². The summed E-state index contributed by atoms with van der Waals surface area (Å²) in [6.07, 6.45) is 0. The van der Waals surface area contributed by atoms with Gasteiger partial charge in [0.2, 0.25) is 0 Å². The summed E-state index contributed by atoms with van der Waals surface area (Å²) in [5.41, 5.74) is 0. The molecular weight excluding hydrogens is 301 g/mol. The van der Waals surface area contributed by atoms with Crippen molar-refractivity contribution in [3.63, 3.8) is 0 Å². The Labute approximate surface area is 116 Å². The third kappa shape index (κ3) is 2.89. The van der Waals surface area contributed by atoms with E-state index in [1.807, 2.05) is 0 Å². The number of benzene rings is 2. The normalized spacial score (nSPS) is 10.4. The first-order valence-corrected chi connectivity index (χ1v) is 7.06. The molecule has 0 aliphatic heterocycles. The molecule has 0 heterocycles. The summed E-state index contributed by atoms with van der Waals surface area (Å²) in [7, 11) is 0. The molecule has 0 atom stereocenters. The molecule has 0 aliphatic rings. The van der Waals surface area contributed by atoms with Crippen molar-refractivity contribution >= 4 is 30.9 Å². The Bertz CT molecular complexity index is 468. The van der Waals surface area contributed by atoms with E-state index in [1.54, 1.807) is 12.1 Å². The molecule has 0 N–H and O–H groups in total. The molecule has 0 unspecified atom stereocenters. The van der Waals surface area contributed by atoms with E-state index in [0.717, 1.165) is 0 Å². The zero-order chi connectivity index (χ0) is 12.4. The van der Waals surface area contributed by atoms with E-state index in [9.17, 15) is 8.78 Å². The second kappa shape index (κ2) is 5.49. The van der Waals surface area contributed by atoms with Gasteiger partial charge in [0.1, 0.15) is 0 Å². The first-order valence-electron chi connectivity index (χ1n) is 4.74. The van der Waals surface area contributed by atoms with Crippen molar-refractivity contribution in [1.82, 2.24) is 0 Å². The van der Waals surface area contributed by atoms with Gasteiger partial charge in [0, 0.05) is 0 Å². The summed E-state index contributed by atoms with van der Waals surface area (Å²) in [6, 6.07) is 8.88. The SMILES string of the molecule is Fc1cccc(Cl)[c]1[Ti][c]1c(F)cccc1Cl. The molecule has 0 saturated heterocycles. The predicted molar refractivity (Wildman–Crippen MR) is 62.1 cm³/mol. The molecular formula is C12H6Cl2F2Ti. The van der Waals surface area contributed by atoms with Crippen LogP contribution in [0, 0.1) is 11.6 Å². The molecule has 0 saturated carbocycles. The van der Waals surface area contributed by atoms with Gasteiger partial charge in [0.25, 0.3) is 0 Å². The second-order valence-electron chi connectivity index (χ2n) is 3.32. The van der Waals surface area contributed by atoms with Crippen LogP contribution >= 0.6 is 23.2 Å². The molecule has 2 aromatic rings. The van der Waals surface area contributed by atoms with Gasteiger partial charge in [-0.15, -0.1) is 0 Å². The van der Waals surface area contributed by atoms with Crippen LogP contribution in [0.15, 0.2) is 36.4 Å². The predicted octanol–water partition coefficient (Wildman–Crippen LogP) is 3.30. The van der Waals surface area contributed by atoms with Gasteiger partial charge in [-0.05, 0) is 0 Å². The Morgan fingerprint density at radius 2 is 1.18 bits per heavy atom. The van der Waals surface area contributed by atoms with Gasteiger partial charge in [-0.1, -0.05) is 0 Å². The van der Waals surface area contributed by atoms with Gasteiger partial charge < -0.3 is 0 Å². The van der Waals surface area contributed by atoms with E-state index in [0.29, 0.717) is 17.8 Å². The fourth-order valence-corrected chi connectivity index (χ4v) is 3.73. The van der Waals surface area contributed by atoms with Crippen LogP contribution in [0.25, 0.3) is 0 Å².